The number of fused-ring (bicyclic) bond motifs is 9. The van der Waals surface area contributed by atoms with Crippen molar-refractivity contribution in [1.82, 2.24) is 9.47 Å². The molecule has 1 fully saturated rings. The highest BCUT2D eigenvalue weighted by Crippen LogP contribution is 2.71. The largest absolute Gasteiger partial charge is 0.483 e. The van der Waals surface area contributed by atoms with E-state index >= 15 is 0 Å². The van der Waals surface area contributed by atoms with Crippen LogP contribution in [0.5, 0.6) is 5.75 Å². The zero-order valence-electron chi connectivity index (χ0n) is 26.1. The topological polar surface area (TPSA) is 17.4 Å². The van der Waals surface area contributed by atoms with Gasteiger partial charge in [0, 0.05) is 34.8 Å². The van der Waals surface area contributed by atoms with E-state index in [0.29, 0.717) is 6.04 Å². The SMILES string of the molecule is CC.CC.Cc1ccc2c3c1O[C@H]1c4c(c5c6ccccc6c6ccccc6c5n4C)C[C@@]4(C)[C@@H](C2)N(C)CC[C@]314. The monoisotopic (exact) mass is 544 g/mol. The molecule has 2 aliphatic heterocycles. The first kappa shape index (κ1) is 26.6. The minimum absolute atomic E-state index is 0.0276. The number of benzene rings is 4. The lowest BCUT2D eigenvalue weighted by Gasteiger charge is -2.64. The Morgan fingerprint density at radius 3 is 2.17 bits per heavy atom. The van der Waals surface area contributed by atoms with Crippen molar-refractivity contribution >= 4 is 32.4 Å². The maximum atomic E-state index is 7.23. The van der Waals surface area contributed by atoms with E-state index in [2.05, 4.69) is 98.1 Å². The van der Waals surface area contributed by atoms with Crippen LogP contribution in [0.2, 0.25) is 0 Å². The summed E-state index contributed by atoms with van der Waals surface area (Å²) < 4.78 is 9.76. The van der Waals surface area contributed by atoms with Gasteiger partial charge in [-0.25, -0.2) is 0 Å². The molecule has 0 radical (unpaired) electrons. The Morgan fingerprint density at radius 1 is 0.829 bits per heavy atom. The first-order valence-electron chi connectivity index (χ1n) is 15.9. The van der Waals surface area contributed by atoms with Crippen molar-refractivity contribution in [2.75, 3.05) is 13.6 Å². The van der Waals surface area contributed by atoms with E-state index < -0.39 is 0 Å². The summed E-state index contributed by atoms with van der Waals surface area (Å²) in [7, 11) is 4.66. The van der Waals surface area contributed by atoms with Crippen molar-refractivity contribution in [3.63, 3.8) is 0 Å². The summed E-state index contributed by atoms with van der Waals surface area (Å²) in [6, 6.07) is 23.3. The minimum Gasteiger partial charge on any atom is -0.483 e. The molecule has 0 amide bonds. The van der Waals surface area contributed by atoms with E-state index in [0.717, 1.165) is 25.8 Å². The summed E-state index contributed by atoms with van der Waals surface area (Å²) in [6.45, 7) is 14.0. The number of rotatable bonds is 0. The van der Waals surface area contributed by atoms with Crippen molar-refractivity contribution in [3.8, 4) is 5.75 Å². The average molecular weight is 545 g/mol. The zero-order chi connectivity index (χ0) is 28.8. The number of likely N-dealkylation sites (tertiary alicyclic amines) is 1. The molecule has 3 heterocycles. The Bertz CT molecular complexity index is 1850. The molecule has 1 spiro atoms. The van der Waals surface area contributed by atoms with Gasteiger partial charge in [-0.2, -0.15) is 0 Å². The van der Waals surface area contributed by atoms with Gasteiger partial charge >= 0.3 is 0 Å². The number of hydrogen-bond acceptors (Lipinski definition) is 2. The highest BCUT2D eigenvalue weighted by atomic mass is 16.5. The number of piperidine rings is 1. The molecule has 2 bridgehead atoms. The molecular formula is C38H44N2O. The van der Waals surface area contributed by atoms with Crippen LogP contribution in [0.25, 0.3) is 32.4 Å². The molecule has 4 atom stereocenters. The van der Waals surface area contributed by atoms with Crippen LogP contribution in [0.1, 0.15) is 75.1 Å². The number of likely N-dealkylation sites (N-methyl/N-ethyl adjacent to an activating group) is 1. The van der Waals surface area contributed by atoms with Crippen LogP contribution in [0, 0.1) is 12.3 Å². The fraction of sp³-hybridized carbons (Fsp3) is 0.421. The highest BCUT2D eigenvalue weighted by molar-refractivity contribution is 6.25. The number of hydrogen-bond donors (Lipinski definition) is 0. The van der Waals surface area contributed by atoms with Gasteiger partial charge in [-0.1, -0.05) is 95.3 Å². The van der Waals surface area contributed by atoms with Crippen molar-refractivity contribution < 1.29 is 4.74 Å². The average Bonchev–Trinajstić information content (AvgIpc) is 3.50. The molecule has 1 aromatic heterocycles. The quantitative estimate of drug-likeness (QED) is 0.181. The zero-order valence-corrected chi connectivity index (χ0v) is 26.1. The first-order chi connectivity index (χ1) is 20.0. The van der Waals surface area contributed by atoms with Crippen molar-refractivity contribution in [2.45, 2.75) is 78.4 Å². The molecule has 1 saturated heterocycles. The van der Waals surface area contributed by atoms with E-state index in [-0.39, 0.29) is 16.9 Å². The fourth-order valence-corrected chi connectivity index (χ4v) is 9.57. The molecule has 3 heteroatoms. The van der Waals surface area contributed by atoms with Crippen LogP contribution in [0.3, 0.4) is 0 Å². The second-order valence-corrected chi connectivity index (χ2v) is 12.5. The molecule has 0 unspecified atom stereocenters. The summed E-state index contributed by atoms with van der Waals surface area (Å²) in [5.74, 6) is 1.18. The number of nitrogens with zero attached hydrogens (tertiary/aromatic N) is 2. The smallest absolute Gasteiger partial charge is 0.149 e. The predicted octanol–water partition coefficient (Wildman–Crippen LogP) is 9.04. The van der Waals surface area contributed by atoms with Crippen molar-refractivity contribution in [2.24, 2.45) is 12.5 Å². The van der Waals surface area contributed by atoms with Gasteiger partial charge in [0.1, 0.15) is 11.9 Å². The van der Waals surface area contributed by atoms with Crippen LogP contribution >= 0.6 is 0 Å². The molecule has 4 aromatic carbocycles. The lowest BCUT2D eigenvalue weighted by molar-refractivity contribution is -0.0912. The molecule has 212 valence electrons. The maximum absolute atomic E-state index is 7.23. The molecule has 9 rings (SSSR count). The van der Waals surface area contributed by atoms with E-state index in [9.17, 15) is 0 Å². The van der Waals surface area contributed by atoms with Gasteiger partial charge < -0.3 is 14.2 Å². The van der Waals surface area contributed by atoms with Gasteiger partial charge in [-0.05, 0) is 72.6 Å². The third kappa shape index (κ3) is 2.98. The Morgan fingerprint density at radius 2 is 1.46 bits per heavy atom. The standard InChI is InChI=1S/C34H32N2O.2C2H6/c1-19-13-14-20-17-26-33(2)18-25-27-23-11-7-5-9-21(23)22-10-6-8-12-24(22)29(27)36(4)30(25)32-34(33,15-16-35(26)3)28(20)31(19)37-32;2*1-2/h5-14,26,32H,15-18H2,1-4H3;2*1-2H3/t26-,32+,33+,34+;;/m1../s1. The van der Waals surface area contributed by atoms with Crippen molar-refractivity contribution in [1.29, 1.82) is 0 Å². The van der Waals surface area contributed by atoms with Crippen LogP contribution in [-0.4, -0.2) is 29.1 Å². The number of ether oxygens (including phenoxy) is 1. The van der Waals surface area contributed by atoms with Gasteiger partial charge in [0.25, 0.3) is 0 Å². The molecule has 41 heavy (non-hydrogen) atoms. The molecule has 3 nitrogen and oxygen atoms in total. The van der Waals surface area contributed by atoms with E-state index in [1.54, 1.807) is 5.56 Å². The van der Waals surface area contributed by atoms with Crippen molar-refractivity contribution in [3.05, 3.63) is 88.6 Å². The van der Waals surface area contributed by atoms with Gasteiger partial charge in [-0.15, -0.1) is 0 Å². The highest BCUT2D eigenvalue weighted by Gasteiger charge is 2.70. The van der Waals surface area contributed by atoms with E-state index in [1.807, 2.05) is 27.7 Å². The molecule has 2 aliphatic carbocycles. The molecule has 0 saturated carbocycles. The summed E-state index contributed by atoms with van der Waals surface area (Å²) in [6.07, 6.45) is 3.44. The Hall–Kier alpha value is -3.30. The molecule has 4 aliphatic rings. The van der Waals surface area contributed by atoms with Gasteiger partial charge in [-0.3, -0.25) is 0 Å². The van der Waals surface area contributed by atoms with Crippen LogP contribution in [0.15, 0.2) is 60.7 Å². The van der Waals surface area contributed by atoms with Crippen LogP contribution < -0.4 is 4.74 Å². The fourth-order valence-electron chi connectivity index (χ4n) is 9.57. The van der Waals surface area contributed by atoms with Gasteiger partial charge in [0.05, 0.1) is 16.6 Å². The predicted molar refractivity (Wildman–Crippen MR) is 173 cm³/mol. The summed E-state index contributed by atoms with van der Waals surface area (Å²) >= 11 is 0. The van der Waals surface area contributed by atoms with E-state index in [1.165, 1.54) is 60.6 Å². The Balaban J connectivity index is 0.000000664. The second kappa shape index (κ2) is 9.10. The van der Waals surface area contributed by atoms with E-state index in [4.69, 9.17) is 4.74 Å². The Kier molecular flexibility index (Phi) is 5.90. The molecule has 0 N–H and O–H groups in total. The lowest BCUT2D eigenvalue weighted by atomic mass is 9.44. The molecular weight excluding hydrogens is 500 g/mol. The summed E-state index contributed by atoms with van der Waals surface area (Å²) in [4.78, 5) is 2.66. The number of aryl methyl sites for hydroxylation is 2. The lowest BCUT2D eigenvalue weighted by Crippen LogP contribution is -2.68. The third-order valence-corrected chi connectivity index (χ3v) is 11.1. The second-order valence-electron chi connectivity index (χ2n) is 12.5. The molecule has 5 aromatic rings. The third-order valence-electron chi connectivity index (χ3n) is 11.1. The normalized spacial score (nSPS) is 26.9. The minimum atomic E-state index is 0.0276. The van der Waals surface area contributed by atoms with Gasteiger partial charge in [0.15, 0.2) is 0 Å². The van der Waals surface area contributed by atoms with Crippen LogP contribution in [0.4, 0.5) is 0 Å². The Labute approximate surface area is 245 Å². The number of aromatic nitrogens is 1. The summed E-state index contributed by atoms with van der Waals surface area (Å²) in [5.41, 5.74) is 8.82. The summed E-state index contributed by atoms with van der Waals surface area (Å²) in [5, 5.41) is 6.89. The first-order valence-corrected chi connectivity index (χ1v) is 15.9. The maximum Gasteiger partial charge on any atom is 0.149 e. The van der Waals surface area contributed by atoms with Crippen LogP contribution in [-0.2, 0) is 25.3 Å². The van der Waals surface area contributed by atoms with Gasteiger partial charge in [0.2, 0.25) is 0 Å².